The number of esters is 2. The highest BCUT2D eigenvalue weighted by Gasteiger charge is 2.27. The number of rotatable bonds is 8. The Kier molecular flexibility index (Phi) is 7.80. The maximum absolute atomic E-state index is 13.1. The first-order chi connectivity index (χ1) is 14.4. The van der Waals surface area contributed by atoms with Crippen molar-refractivity contribution in [2.45, 2.75) is 37.8 Å². The van der Waals surface area contributed by atoms with Crippen LogP contribution in [0.5, 0.6) is 5.75 Å². The highest BCUT2D eigenvalue weighted by atomic mass is 32.2. The van der Waals surface area contributed by atoms with Crippen molar-refractivity contribution in [3.05, 3.63) is 59.7 Å². The molecule has 0 aliphatic heterocycles. The highest BCUT2D eigenvalue weighted by Crippen LogP contribution is 2.28. The summed E-state index contributed by atoms with van der Waals surface area (Å²) in [5.74, 6) is -1.47. The van der Waals surface area contributed by atoms with Crippen molar-refractivity contribution in [1.29, 1.82) is 0 Å². The number of methoxy groups -OCH3 is 1. The molecule has 0 heterocycles. The quantitative estimate of drug-likeness (QED) is 0.571. The molecule has 2 aromatic rings. The van der Waals surface area contributed by atoms with Crippen molar-refractivity contribution in [1.82, 2.24) is 4.31 Å². The molecule has 0 saturated carbocycles. The molecule has 0 aromatic heterocycles. The van der Waals surface area contributed by atoms with Gasteiger partial charge in [0.05, 0.1) is 12.7 Å². The monoisotopic (exact) mass is 449 g/mol. The number of carbonyl (C=O) groups excluding carboxylic acids is 2. The minimum atomic E-state index is -3.98. The molecular weight excluding hydrogens is 422 g/mol. The first kappa shape index (κ1) is 24.4. The zero-order valence-corrected chi connectivity index (χ0v) is 19.1. The topological polar surface area (TPSA) is 99.2 Å². The van der Waals surface area contributed by atoms with Crippen molar-refractivity contribution < 1.29 is 32.2 Å². The number of nitrogens with zero attached hydrogens (tertiary/aromatic N) is 1. The van der Waals surface area contributed by atoms with E-state index in [0.29, 0.717) is 0 Å². The molecule has 9 heteroatoms. The van der Waals surface area contributed by atoms with Crippen molar-refractivity contribution in [2.24, 2.45) is 0 Å². The van der Waals surface area contributed by atoms with Crippen molar-refractivity contribution in [3.8, 4) is 5.75 Å². The Morgan fingerprint density at radius 2 is 1.68 bits per heavy atom. The molecule has 2 aromatic carbocycles. The van der Waals surface area contributed by atoms with Crippen LogP contribution in [0.3, 0.4) is 0 Å². The lowest BCUT2D eigenvalue weighted by Crippen LogP contribution is -2.28. The first-order valence-electron chi connectivity index (χ1n) is 9.51. The molecule has 0 unspecified atom stereocenters. The second-order valence-corrected chi connectivity index (χ2v) is 9.79. The van der Waals surface area contributed by atoms with Crippen molar-refractivity contribution in [3.63, 3.8) is 0 Å². The molecule has 0 spiro atoms. The van der Waals surface area contributed by atoms with E-state index in [9.17, 15) is 18.0 Å². The van der Waals surface area contributed by atoms with E-state index in [1.165, 1.54) is 32.4 Å². The van der Waals surface area contributed by atoms with E-state index >= 15 is 0 Å². The number of sulfonamides is 1. The predicted octanol–water partition coefficient (Wildman–Crippen LogP) is 3.01. The fraction of sp³-hybridized carbons (Fsp3) is 0.364. The van der Waals surface area contributed by atoms with Crippen molar-refractivity contribution in [2.75, 3.05) is 20.8 Å². The number of hydrogen-bond acceptors (Lipinski definition) is 7. The Bertz CT molecular complexity index is 1030. The van der Waals surface area contributed by atoms with Gasteiger partial charge in [-0.3, -0.25) is 0 Å². The van der Waals surface area contributed by atoms with Crippen LogP contribution in [-0.4, -0.2) is 51.0 Å². The Morgan fingerprint density at radius 3 is 2.26 bits per heavy atom. The van der Waals surface area contributed by atoms with E-state index < -0.39 is 34.2 Å². The molecule has 31 heavy (non-hydrogen) atoms. The van der Waals surface area contributed by atoms with Crippen LogP contribution in [0.15, 0.2) is 53.4 Å². The van der Waals surface area contributed by atoms with Gasteiger partial charge in [-0.05, 0) is 44.5 Å². The van der Waals surface area contributed by atoms with Gasteiger partial charge in [0.25, 0.3) is 0 Å². The molecule has 8 nitrogen and oxygen atoms in total. The summed E-state index contributed by atoms with van der Waals surface area (Å²) < 4.78 is 42.7. The van der Waals surface area contributed by atoms with E-state index in [4.69, 9.17) is 14.2 Å². The summed E-state index contributed by atoms with van der Waals surface area (Å²) in [6.45, 7) is 4.63. The molecule has 0 bridgehead atoms. The van der Waals surface area contributed by atoms with E-state index in [1.54, 1.807) is 20.8 Å². The van der Waals surface area contributed by atoms with Gasteiger partial charge in [0.1, 0.15) is 16.2 Å². The smallest absolute Gasteiger partial charge is 0.344 e. The summed E-state index contributed by atoms with van der Waals surface area (Å²) in [5, 5.41) is 0. The van der Waals surface area contributed by atoms with Crippen LogP contribution in [0.1, 0.15) is 36.7 Å². The maximum Gasteiger partial charge on any atom is 0.344 e. The molecule has 0 aliphatic rings. The molecule has 0 radical (unpaired) electrons. The normalized spacial score (nSPS) is 11.8. The van der Waals surface area contributed by atoms with Gasteiger partial charge in [-0.2, -0.15) is 4.31 Å². The van der Waals surface area contributed by atoms with E-state index in [2.05, 4.69) is 0 Å². The Hall–Kier alpha value is -2.91. The second-order valence-electron chi connectivity index (χ2n) is 7.77. The van der Waals surface area contributed by atoms with Gasteiger partial charge in [-0.15, -0.1) is 0 Å². The Balaban J connectivity index is 2.22. The molecule has 0 fully saturated rings. The Morgan fingerprint density at radius 1 is 1.03 bits per heavy atom. The minimum Gasteiger partial charge on any atom is -0.495 e. The lowest BCUT2D eigenvalue weighted by atomic mass is 10.2. The van der Waals surface area contributed by atoms with Crippen LogP contribution in [-0.2, 0) is 30.8 Å². The van der Waals surface area contributed by atoms with Gasteiger partial charge in [0, 0.05) is 13.6 Å². The molecular formula is C22H27NO7S. The van der Waals surface area contributed by atoms with Crippen LogP contribution >= 0.6 is 0 Å². The third kappa shape index (κ3) is 6.80. The van der Waals surface area contributed by atoms with E-state index in [0.717, 1.165) is 9.87 Å². The zero-order chi connectivity index (χ0) is 23.2. The fourth-order valence-electron chi connectivity index (χ4n) is 2.68. The van der Waals surface area contributed by atoms with Gasteiger partial charge in [-0.1, -0.05) is 30.3 Å². The third-order valence-corrected chi connectivity index (χ3v) is 5.90. The number of ether oxygens (including phenoxy) is 3. The van der Waals surface area contributed by atoms with Gasteiger partial charge in [0.15, 0.2) is 6.61 Å². The average molecular weight is 450 g/mol. The molecule has 168 valence electrons. The summed E-state index contributed by atoms with van der Waals surface area (Å²) in [6, 6.07) is 13.0. The summed E-state index contributed by atoms with van der Waals surface area (Å²) in [4.78, 5) is 24.0. The molecule has 0 N–H and O–H groups in total. The van der Waals surface area contributed by atoms with Crippen LogP contribution in [0.25, 0.3) is 0 Å². The Labute approximate surface area is 182 Å². The van der Waals surface area contributed by atoms with Crippen LogP contribution in [0.4, 0.5) is 0 Å². The number of hydrogen-bond donors (Lipinski definition) is 0. The molecule has 0 amide bonds. The minimum absolute atomic E-state index is 0.0314. The molecule has 2 rings (SSSR count). The number of benzene rings is 2. The second kappa shape index (κ2) is 9.93. The molecule has 0 saturated heterocycles. The summed E-state index contributed by atoms with van der Waals surface area (Å²) in [6.07, 6.45) is 0. The van der Waals surface area contributed by atoms with Gasteiger partial charge >= 0.3 is 11.9 Å². The highest BCUT2D eigenvalue weighted by molar-refractivity contribution is 7.89. The van der Waals surface area contributed by atoms with Crippen molar-refractivity contribution >= 4 is 22.0 Å². The van der Waals surface area contributed by atoms with Gasteiger partial charge < -0.3 is 14.2 Å². The predicted molar refractivity (Wildman–Crippen MR) is 114 cm³/mol. The average Bonchev–Trinajstić information content (AvgIpc) is 2.71. The summed E-state index contributed by atoms with van der Waals surface area (Å²) in [7, 11) is -1.20. The SMILES string of the molecule is COc1ccc(C(=O)OCC(=O)OC(C)(C)C)cc1S(=O)(=O)N(C)Cc1ccccc1. The lowest BCUT2D eigenvalue weighted by molar-refractivity contribution is -0.158. The largest absolute Gasteiger partial charge is 0.495 e. The van der Waals surface area contributed by atoms with E-state index in [1.807, 2.05) is 30.3 Å². The molecule has 0 atom stereocenters. The van der Waals surface area contributed by atoms with Crippen LogP contribution in [0.2, 0.25) is 0 Å². The van der Waals surface area contributed by atoms with Gasteiger partial charge in [-0.25, -0.2) is 18.0 Å². The third-order valence-electron chi connectivity index (χ3n) is 4.08. The molecule has 0 aliphatic carbocycles. The maximum atomic E-state index is 13.1. The van der Waals surface area contributed by atoms with Crippen LogP contribution in [0, 0.1) is 0 Å². The van der Waals surface area contributed by atoms with E-state index in [-0.39, 0.29) is 22.8 Å². The fourth-order valence-corrected chi connectivity index (χ4v) is 4.01. The first-order valence-corrected chi connectivity index (χ1v) is 11.0. The summed E-state index contributed by atoms with van der Waals surface area (Å²) >= 11 is 0. The number of carbonyl (C=O) groups is 2. The van der Waals surface area contributed by atoms with Gasteiger partial charge in [0.2, 0.25) is 10.0 Å². The standard InChI is InChI=1S/C22H27NO7S/c1-22(2,3)30-20(24)15-29-21(25)17-11-12-18(28-5)19(13-17)31(26,27)23(4)14-16-9-7-6-8-10-16/h6-13H,14-15H2,1-5H3. The zero-order valence-electron chi connectivity index (χ0n) is 18.2. The van der Waals surface area contributed by atoms with Crippen LogP contribution < -0.4 is 4.74 Å². The lowest BCUT2D eigenvalue weighted by Gasteiger charge is -2.20. The summed E-state index contributed by atoms with van der Waals surface area (Å²) in [5.41, 5.74) is 0.0605.